The highest BCUT2D eigenvalue weighted by atomic mass is 16.5. The summed E-state index contributed by atoms with van der Waals surface area (Å²) in [6, 6.07) is 16.1. The van der Waals surface area contributed by atoms with Gasteiger partial charge < -0.3 is 39.9 Å². The second-order valence-corrected chi connectivity index (χ2v) is 19.8. The molecule has 4 aliphatic rings. The van der Waals surface area contributed by atoms with E-state index in [0.717, 1.165) is 77.9 Å². The maximum absolute atomic E-state index is 13.9. The van der Waals surface area contributed by atoms with Crippen LogP contribution in [-0.2, 0) is 31.9 Å². The first-order valence-corrected chi connectivity index (χ1v) is 24.0. The number of aromatic amines is 2. The van der Waals surface area contributed by atoms with Crippen LogP contribution in [0.4, 0.5) is 9.59 Å². The number of hydrogen-bond donors (Lipinski definition) is 4. The highest BCUT2D eigenvalue weighted by molar-refractivity contribution is 5.92. The molecule has 14 heteroatoms. The van der Waals surface area contributed by atoms with E-state index >= 15 is 0 Å². The molecular formula is C52H64N8O6. The number of ether oxygens (including phenoxy) is 2. The van der Waals surface area contributed by atoms with Gasteiger partial charge in [0.2, 0.25) is 11.8 Å². The third-order valence-corrected chi connectivity index (χ3v) is 14.9. The van der Waals surface area contributed by atoms with E-state index in [4.69, 9.17) is 19.4 Å². The monoisotopic (exact) mass is 896 g/mol. The number of amides is 4. The first-order chi connectivity index (χ1) is 31.9. The van der Waals surface area contributed by atoms with E-state index in [1.165, 1.54) is 74.1 Å². The maximum atomic E-state index is 13.9. The Hall–Kier alpha value is -6.18. The normalized spacial score (nSPS) is 19.9. The van der Waals surface area contributed by atoms with Crippen LogP contribution in [0, 0.1) is 17.3 Å². The summed E-state index contributed by atoms with van der Waals surface area (Å²) >= 11 is 0. The Morgan fingerprint density at radius 2 is 1.12 bits per heavy atom. The summed E-state index contributed by atoms with van der Waals surface area (Å²) in [5.74, 6) is 1.07. The zero-order valence-corrected chi connectivity index (χ0v) is 39.2. The standard InChI is InChI=1S/C52H64N8O6/c1-30(2)44(57-50(63)65-5)48(61)59-22-10-12-42(59)46-53-28-40(55-46)35-17-15-32-24-34(16-14-33(32)25-35)36-18-19-37(39-27-52(26-38(36)39)20-8-7-9-21-52)41-29-54-47(56-41)43-13-11-23-60(43)49(62)45(31(3)4)58-51(64)66-6/h14-19,24-25,28-31,42-45H,7-13,20-23,26-27H2,1-6H3,(H,53,55)(H,54,56)(H,57,63)(H,58,64)/t42-,43-,44-,45-/m0/s1. The van der Waals surface area contributed by atoms with Gasteiger partial charge in [0, 0.05) is 24.2 Å². The van der Waals surface area contributed by atoms with Gasteiger partial charge in [-0.25, -0.2) is 19.6 Å². The van der Waals surface area contributed by atoms with Crippen LogP contribution in [0.1, 0.15) is 120 Å². The topological polar surface area (TPSA) is 175 Å². The van der Waals surface area contributed by atoms with Gasteiger partial charge in [-0.3, -0.25) is 9.59 Å². The molecule has 4 amide bonds. The SMILES string of the molecule is COC(=O)N[C@H](C(=O)N1CCC[C@H]1c1ncc(-c2ccc3cc(-c4ccc(-c5cnc([C@@H]6CCCN6C(=O)[C@@H](NC(=O)OC)C(C)C)[nH]5)c5c4CC4(CCCCC4)C5)ccc3c2)[nH]1)C(C)C. The zero-order valence-electron chi connectivity index (χ0n) is 39.2. The summed E-state index contributed by atoms with van der Waals surface area (Å²) in [7, 11) is 2.61. The Balaban J connectivity index is 0.973. The summed E-state index contributed by atoms with van der Waals surface area (Å²) in [5.41, 5.74) is 9.64. The number of nitrogens with one attached hydrogen (secondary N) is 4. The van der Waals surface area contributed by atoms with E-state index in [1.54, 1.807) is 0 Å². The van der Waals surface area contributed by atoms with E-state index in [-0.39, 0.29) is 41.1 Å². The summed E-state index contributed by atoms with van der Waals surface area (Å²) < 4.78 is 9.65. The molecule has 3 fully saturated rings. The molecule has 0 bridgehead atoms. The van der Waals surface area contributed by atoms with Gasteiger partial charge in [0.05, 0.1) is 50.1 Å². The van der Waals surface area contributed by atoms with Crippen molar-refractivity contribution in [3.05, 3.63) is 83.7 Å². The fourth-order valence-corrected chi connectivity index (χ4v) is 11.3. The van der Waals surface area contributed by atoms with Gasteiger partial charge in [-0.05, 0) is 114 Å². The van der Waals surface area contributed by atoms with Crippen molar-refractivity contribution in [2.45, 2.75) is 122 Å². The molecule has 2 aliphatic heterocycles. The predicted molar refractivity (Wildman–Crippen MR) is 253 cm³/mol. The Morgan fingerprint density at radius 3 is 1.67 bits per heavy atom. The predicted octanol–water partition coefficient (Wildman–Crippen LogP) is 9.42. The first-order valence-electron chi connectivity index (χ1n) is 24.0. The second kappa shape index (κ2) is 18.6. The van der Waals surface area contributed by atoms with E-state index in [1.807, 2.05) is 49.9 Å². The van der Waals surface area contributed by atoms with Crippen LogP contribution in [-0.4, -0.2) is 93.1 Å². The first kappa shape index (κ1) is 45.0. The number of aromatic nitrogens is 4. The van der Waals surface area contributed by atoms with Crippen molar-refractivity contribution in [2.24, 2.45) is 17.3 Å². The van der Waals surface area contributed by atoms with E-state index in [2.05, 4.69) is 69.1 Å². The molecule has 4 atom stereocenters. The Bertz CT molecular complexity index is 2630. The average molecular weight is 897 g/mol. The molecule has 348 valence electrons. The highest BCUT2D eigenvalue weighted by Gasteiger charge is 2.42. The number of hydrogen-bond acceptors (Lipinski definition) is 8. The fraction of sp³-hybridized carbons (Fsp3) is 0.500. The van der Waals surface area contributed by atoms with E-state index in [9.17, 15) is 19.2 Å². The van der Waals surface area contributed by atoms with Crippen LogP contribution in [0.25, 0.3) is 44.4 Å². The molecule has 2 saturated heterocycles. The van der Waals surface area contributed by atoms with Gasteiger partial charge in [0.1, 0.15) is 23.7 Å². The van der Waals surface area contributed by atoms with E-state index < -0.39 is 24.3 Å². The van der Waals surface area contributed by atoms with Crippen LogP contribution in [0.2, 0.25) is 0 Å². The molecule has 1 saturated carbocycles. The van der Waals surface area contributed by atoms with Crippen molar-refractivity contribution in [3.8, 4) is 33.6 Å². The van der Waals surface area contributed by atoms with Crippen molar-refractivity contribution in [2.75, 3.05) is 27.3 Å². The number of H-pyrrole nitrogens is 2. The number of carbonyl (C=O) groups excluding carboxylic acids is 4. The zero-order chi connectivity index (χ0) is 46.3. The Labute approximate surface area is 387 Å². The number of fused-ring (bicyclic) bond motifs is 2. The third kappa shape index (κ3) is 8.66. The molecule has 4 N–H and O–H groups in total. The summed E-state index contributed by atoms with van der Waals surface area (Å²) in [6.07, 6.45) is 14.3. The molecule has 0 radical (unpaired) electrons. The number of rotatable bonds is 11. The van der Waals surface area contributed by atoms with Crippen molar-refractivity contribution < 1.29 is 28.7 Å². The number of benzene rings is 3. The number of likely N-dealkylation sites (tertiary alicyclic amines) is 2. The van der Waals surface area contributed by atoms with E-state index in [0.29, 0.717) is 13.1 Å². The lowest BCUT2D eigenvalue weighted by Crippen LogP contribution is -2.51. The van der Waals surface area contributed by atoms with Crippen LogP contribution < -0.4 is 10.6 Å². The number of nitrogens with zero attached hydrogens (tertiary/aromatic N) is 4. The second-order valence-electron chi connectivity index (χ2n) is 19.8. The van der Waals surface area contributed by atoms with Gasteiger partial charge in [-0.1, -0.05) is 83.4 Å². The molecule has 5 aromatic rings. The van der Waals surface area contributed by atoms with Crippen molar-refractivity contribution >= 4 is 34.8 Å². The van der Waals surface area contributed by atoms with Crippen LogP contribution in [0.15, 0.2) is 60.9 Å². The molecule has 9 rings (SSSR count). The van der Waals surface area contributed by atoms with Gasteiger partial charge in [-0.2, -0.15) is 0 Å². The molecule has 0 unspecified atom stereocenters. The molecule has 2 aromatic heterocycles. The molecule has 4 heterocycles. The summed E-state index contributed by atoms with van der Waals surface area (Å²) in [4.78, 5) is 72.5. The van der Waals surface area contributed by atoms with Gasteiger partial charge >= 0.3 is 12.2 Å². The molecule has 66 heavy (non-hydrogen) atoms. The lowest BCUT2D eigenvalue weighted by atomic mass is 9.72. The number of carbonyl (C=O) groups is 4. The Kier molecular flexibility index (Phi) is 12.7. The smallest absolute Gasteiger partial charge is 0.407 e. The van der Waals surface area contributed by atoms with Crippen molar-refractivity contribution in [3.63, 3.8) is 0 Å². The number of alkyl carbamates (subject to hydrolysis) is 2. The maximum Gasteiger partial charge on any atom is 0.407 e. The highest BCUT2D eigenvalue weighted by Crippen LogP contribution is 2.52. The van der Waals surface area contributed by atoms with Gasteiger partial charge in [-0.15, -0.1) is 0 Å². The van der Waals surface area contributed by atoms with Crippen molar-refractivity contribution in [1.29, 1.82) is 0 Å². The molecule has 2 aliphatic carbocycles. The third-order valence-electron chi connectivity index (χ3n) is 14.9. The largest absolute Gasteiger partial charge is 0.453 e. The quantitative estimate of drug-likeness (QED) is 0.101. The van der Waals surface area contributed by atoms with Crippen LogP contribution in [0.5, 0.6) is 0 Å². The summed E-state index contributed by atoms with van der Waals surface area (Å²) in [6.45, 7) is 8.90. The fourth-order valence-electron chi connectivity index (χ4n) is 11.3. The van der Waals surface area contributed by atoms with Crippen LogP contribution in [0.3, 0.4) is 0 Å². The number of imidazole rings is 2. The van der Waals surface area contributed by atoms with Gasteiger partial charge in [0.15, 0.2) is 0 Å². The van der Waals surface area contributed by atoms with Crippen molar-refractivity contribution in [1.82, 2.24) is 40.4 Å². The lowest BCUT2D eigenvalue weighted by Gasteiger charge is -2.33. The van der Waals surface area contributed by atoms with Gasteiger partial charge in [0.25, 0.3) is 0 Å². The minimum absolute atomic E-state index is 0.104. The minimum Gasteiger partial charge on any atom is -0.453 e. The lowest BCUT2D eigenvalue weighted by molar-refractivity contribution is -0.136. The summed E-state index contributed by atoms with van der Waals surface area (Å²) in [5, 5.41) is 7.76. The molecule has 3 aromatic carbocycles. The molecular weight excluding hydrogens is 833 g/mol. The number of methoxy groups -OCH3 is 2. The molecule has 14 nitrogen and oxygen atoms in total. The average Bonchev–Trinajstić information content (AvgIpc) is 4.18. The Morgan fingerprint density at radius 1 is 0.636 bits per heavy atom. The van der Waals surface area contributed by atoms with Crippen LogP contribution >= 0.6 is 0 Å². The minimum atomic E-state index is -0.689. The molecule has 1 spiro atoms.